The van der Waals surface area contributed by atoms with Gasteiger partial charge in [0, 0.05) is 29.8 Å². The number of para-hydroxylation sites is 3. The van der Waals surface area contributed by atoms with E-state index < -0.39 is 0 Å². The van der Waals surface area contributed by atoms with Gasteiger partial charge in [-0.25, -0.2) is 4.68 Å². The van der Waals surface area contributed by atoms with Crippen molar-refractivity contribution in [2.75, 3.05) is 13.7 Å². The van der Waals surface area contributed by atoms with Crippen LogP contribution in [0.15, 0.2) is 79.1 Å². The Hall–Kier alpha value is -4.46. The van der Waals surface area contributed by atoms with Crippen LogP contribution in [0.1, 0.15) is 16.1 Å². The van der Waals surface area contributed by atoms with Crippen molar-refractivity contribution in [2.45, 2.75) is 6.42 Å². The van der Waals surface area contributed by atoms with Crippen molar-refractivity contribution < 1.29 is 9.53 Å². The van der Waals surface area contributed by atoms with Crippen molar-refractivity contribution in [3.05, 3.63) is 90.4 Å². The molecule has 164 valence electrons. The van der Waals surface area contributed by atoms with Crippen molar-refractivity contribution >= 4 is 16.8 Å². The van der Waals surface area contributed by atoms with Gasteiger partial charge in [-0.2, -0.15) is 0 Å². The number of pyridine rings is 1. The second kappa shape index (κ2) is 8.96. The zero-order valence-electron chi connectivity index (χ0n) is 18.0. The van der Waals surface area contributed by atoms with Crippen LogP contribution in [0.2, 0.25) is 0 Å². The van der Waals surface area contributed by atoms with Gasteiger partial charge in [-0.05, 0) is 42.3 Å². The highest BCUT2D eigenvalue weighted by molar-refractivity contribution is 5.98. The summed E-state index contributed by atoms with van der Waals surface area (Å²) in [5.74, 6) is 0.308. The molecule has 0 aliphatic carbocycles. The van der Waals surface area contributed by atoms with E-state index in [-0.39, 0.29) is 11.6 Å². The first-order valence-corrected chi connectivity index (χ1v) is 10.6. The molecule has 0 unspecified atom stereocenters. The van der Waals surface area contributed by atoms with Gasteiger partial charge >= 0.3 is 0 Å². The number of methoxy groups -OCH3 is 1. The van der Waals surface area contributed by atoms with E-state index in [4.69, 9.17) is 4.74 Å². The number of H-pyrrole nitrogens is 1. The second-order valence-electron chi connectivity index (χ2n) is 7.45. The monoisotopic (exact) mass is 438 g/mol. The fraction of sp³-hybridized carbons (Fsp3) is 0.120. The molecule has 3 aromatic heterocycles. The molecule has 0 spiro atoms. The first kappa shape index (κ1) is 20.4. The molecule has 5 rings (SSSR count). The van der Waals surface area contributed by atoms with E-state index in [9.17, 15) is 4.79 Å². The fourth-order valence-electron chi connectivity index (χ4n) is 3.87. The van der Waals surface area contributed by atoms with Gasteiger partial charge < -0.3 is 15.0 Å². The third kappa shape index (κ3) is 3.94. The van der Waals surface area contributed by atoms with E-state index in [2.05, 4.69) is 31.7 Å². The summed E-state index contributed by atoms with van der Waals surface area (Å²) in [5.41, 5.74) is 4.20. The molecule has 3 heterocycles. The molecule has 8 heteroatoms. The highest BCUT2D eigenvalue weighted by Crippen LogP contribution is 2.28. The van der Waals surface area contributed by atoms with Gasteiger partial charge in [0.15, 0.2) is 5.69 Å². The maximum absolute atomic E-state index is 13.1. The average molecular weight is 438 g/mol. The molecule has 8 nitrogen and oxygen atoms in total. The average Bonchev–Trinajstić information content (AvgIpc) is 3.49. The normalized spacial score (nSPS) is 10.9. The quantitative estimate of drug-likeness (QED) is 0.403. The molecule has 0 aliphatic rings. The van der Waals surface area contributed by atoms with E-state index in [0.717, 1.165) is 16.5 Å². The van der Waals surface area contributed by atoms with E-state index in [1.165, 1.54) is 0 Å². The Morgan fingerprint density at radius 1 is 1.06 bits per heavy atom. The molecule has 1 amide bonds. The number of ether oxygens (including phenoxy) is 1. The van der Waals surface area contributed by atoms with Crippen LogP contribution < -0.4 is 10.1 Å². The summed E-state index contributed by atoms with van der Waals surface area (Å²) >= 11 is 0. The standard InChI is InChI=1S/C25H22N6O2/c1-33-22-12-5-4-11-21(22)31-24(20-10-6-7-14-26-20)23(29-30-31)25(32)27-15-13-17-16-28-19-9-3-2-8-18(17)19/h2-12,14,16,28H,13,15H2,1H3,(H,27,32). The van der Waals surface area contributed by atoms with Crippen LogP contribution in [0.25, 0.3) is 28.0 Å². The predicted octanol–water partition coefficient (Wildman–Crippen LogP) is 3.79. The summed E-state index contributed by atoms with van der Waals surface area (Å²) < 4.78 is 7.08. The summed E-state index contributed by atoms with van der Waals surface area (Å²) in [6.45, 7) is 0.462. The molecule has 5 aromatic rings. The lowest BCUT2D eigenvalue weighted by atomic mass is 10.1. The van der Waals surface area contributed by atoms with Crippen LogP contribution >= 0.6 is 0 Å². The molecule has 0 bridgehead atoms. The Balaban J connectivity index is 1.44. The lowest BCUT2D eigenvalue weighted by molar-refractivity contribution is 0.0949. The number of fused-ring (bicyclic) bond motifs is 1. The fourth-order valence-corrected chi connectivity index (χ4v) is 3.87. The molecule has 2 aromatic carbocycles. The Morgan fingerprint density at radius 3 is 2.73 bits per heavy atom. The largest absolute Gasteiger partial charge is 0.494 e. The lowest BCUT2D eigenvalue weighted by Gasteiger charge is -2.11. The Morgan fingerprint density at radius 2 is 1.88 bits per heavy atom. The summed E-state index contributed by atoms with van der Waals surface area (Å²) in [5, 5.41) is 12.6. The summed E-state index contributed by atoms with van der Waals surface area (Å²) in [7, 11) is 1.59. The Bertz CT molecular complexity index is 1410. The lowest BCUT2D eigenvalue weighted by Crippen LogP contribution is -2.26. The number of aromatic nitrogens is 5. The minimum atomic E-state index is -0.309. The van der Waals surface area contributed by atoms with Gasteiger partial charge in [0.05, 0.1) is 12.8 Å². The first-order chi connectivity index (χ1) is 16.3. The van der Waals surface area contributed by atoms with Gasteiger partial charge in [-0.1, -0.05) is 41.6 Å². The van der Waals surface area contributed by atoms with Crippen LogP contribution in [0.4, 0.5) is 0 Å². The topological polar surface area (TPSA) is 97.7 Å². The Labute approximate surface area is 190 Å². The molecular weight excluding hydrogens is 416 g/mol. The summed E-state index contributed by atoms with van der Waals surface area (Å²) in [6.07, 6.45) is 4.34. The van der Waals surface area contributed by atoms with Gasteiger partial charge in [-0.15, -0.1) is 5.10 Å². The van der Waals surface area contributed by atoms with Crippen molar-refractivity contribution in [3.8, 4) is 22.8 Å². The number of carbonyl (C=O) groups is 1. The number of aromatic amines is 1. The number of hydrogen-bond acceptors (Lipinski definition) is 5. The van der Waals surface area contributed by atoms with Crippen molar-refractivity contribution in [1.82, 2.24) is 30.3 Å². The highest BCUT2D eigenvalue weighted by atomic mass is 16.5. The highest BCUT2D eigenvalue weighted by Gasteiger charge is 2.24. The number of rotatable bonds is 7. The molecule has 0 radical (unpaired) electrons. The first-order valence-electron chi connectivity index (χ1n) is 10.6. The maximum Gasteiger partial charge on any atom is 0.274 e. The number of nitrogens with zero attached hydrogens (tertiary/aromatic N) is 4. The van der Waals surface area contributed by atoms with Crippen molar-refractivity contribution in [2.24, 2.45) is 0 Å². The number of carbonyl (C=O) groups excluding carboxylic acids is 1. The molecule has 0 saturated heterocycles. The molecule has 0 saturated carbocycles. The second-order valence-corrected chi connectivity index (χ2v) is 7.45. The Kier molecular flexibility index (Phi) is 5.55. The van der Waals surface area contributed by atoms with E-state index in [0.29, 0.717) is 35.8 Å². The SMILES string of the molecule is COc1ccccc1-n1nnc(C(=O)NCCc2c[nH]c3ccccc23)c1-c1ccccn1. The van der Waals surface area contributed by atoms with Gasteiger partial charge in [-0.3, -0.25) is 9.78 Å². The zero-order valence-corrected chi connectivity index (χ0v) is 18.0. The number of amides is 1. The summed E-state index contributed by atoms with van der Waals surface area (Å²) in [4.78, 5) is 20.8. The molecule has 0 fully saturated rings. The van der Waals surface area contributed by atoms with Crippen LogP contribution in [0.5, 0.6) is 5.75 Å². The third-order valence-corrected chi connectivity index (χ3v) is 5.46. The van der Waals surface area contributed by atoms with Crippen molar-refractivity contribution in [1.29, 1.82) is 0 Å². The summed E-state index contributed by atoms with van der Waals surface area (Å²) in [6, 6.07) is 21.1. The maximum atomic E-state index is 13.1. The number of benzene rings is 2. The van der Waals surface area contributed by atoms with Crippen LogP contribution in [-0.4, -0.2) is 44.5 Å². The van der Waals surface area contributed by atoms with Crippen LogP contribution in [0, 0.1) is 0 Å². The van der Waals surface area contributed by atoms with Gasteiger partial charge in [0.25, 0.3) is 5.91 Å². The number of nitrogens with one attached hydrogen (secondary N) is 2. The van der Waals surface area contributed by atoms with Crippen LogP contribution in [0.3, 0.4) is 0 Å². The third-order valence-electron chi connectivity index (χ3n) is 5.46. The minimum Gasteiger partial charge on any atom is -0.494 e. The molecule has 33 heavy (non-hydrogen) atoms. The van der Waals surface area contributed by atoms with E-state index in [1.807, 2.05) is 66.9 Å². The van der Waals surface area contributed by atoms with Gasteiger partial charge in [0.1, 0.15) is 17.1 Å². The minimum absolute atomic E-state index is 0.207. The molecule has 2 N–H and O–H groups in total. The van der Waals surface area contributed by atoms with Crippen molar-refractivity contribution in [3.63, 3.8) is 0 Å². The number of hydrogen-bond donors (Lipinski definition) is 2. The molecular formula is C25H22N6O2. The van der Waals surface area contributed by atoms with E-state index >= 15 is 0 Å². The van der Waals surface area contributed by atoms with Crippen LogP contribution in [-0.2, 0) is 6.42 Å². The predicted molar refractivity (Wildman–Crippen MR) is 125 cm³/mol. The molecule has 0 aliphatic heterocycles. The molecule has 0 atom stereocenters. The van der Waals surface area contributed by atoms with Gasteiger partial charge in [0.2, 0.25) is 0 Å². The zero-order chi connectivity index (χ0) is 22.6. The van der Waals surface area contributed by atoms with E-state index in [1.54, 1.807) is 18.0 Å². The smallest absolute Gasteiger partial charge is 0.274 e.